The van der Waals surface area contributed by atoms with Crippen LogP contribution in [0, 0.1) is 0 Å². The molecule has 1 aromatic heterocycles. The average molecular weight is 353 g/mol. The third-order valence-corrected chi connectivity index (χ3v) is 4.19. The minimum Gasteiger partial charge on any atom is -0.482 e. The van der Waals surface area contributed by atoms with Gasteiger partial charge in [0, 0.05) is 44.4 Å². The molecule has 0 fully saturated rings. The van der Waals surface area contributed by atoms with Gasteiger partial charge in [-0.25, -0.2) is 0 Å². The van der Waals surface area contributed by atoms with E-state index in [0.717, 1.165) is 5.56 Å². The first-order valence-electron chi connectivity index (χ1n) is 8.27. The number of benzene rings is 1. The Kier molecular flexibility index (Phi) is 5.26. The van der Waals surface area contributed by atoms with Crippen LogP contribution in [0.1, 0.15) is 28.8 Å². The summed E-state index contributed by atoms with van der Waals surface area (Å²) in [5.74, 6) is 0.0540. The number of fused-ring (bicyclic) bond motifs is 1. The topological polar surface area (TPSA) is 88.6 Å². The number of anilines is 1. The molecule has 0 saturated carbocycles. The summed E-state index contributed by atoms with van der Waals surface area (Å²) >= 11 is 0. The maximum Gasteiger partial charge on any atom is 0.264 e. The number of aromatic nitrogens is 1. The number of hydrogen-bond donors (Lipinski definition) is 1. The van der Waals surface area contributed by atoms with E-state index in [-0.39, 0.29) is 37.0 Å². The molecule has 0 saturated heterocycles. The van der Waals surface area contributed by atoms with Crippen molar-refractivity contribution in [3.63, 3.8) is 0 Å². The van der Waals surface area contributed by atoms with Gasteiger partial charge in [-0.3, -0.25) is 19.4 Å². The zero-order valence-corrected chi connectivity index (χ0v) is 14.4. The fraction of sp³-hybridized carbons (Fsp3) is 0.263. The number of amides is 2. The van der Waals surface area contributed by atoms with Gasteiger partial charge in [0.1, 0.15) is 5.75 Å². The van der Waals surface area contributed by atoms with Crippen molar-refractivity contribution in [2.45, 2.75) is 19.4 Å². The van der Waals surface area contributed by atoms with Gasteiger partial charge < -0.3 is 15.0 Å². The van der Waals surface area contributed by atoms with Gasteiger partial charge in [-0.15, -0.1) is 0 Å². The van der Waals surface area contributed by atoms with Crippen LogP contribution in [0.3, 0.4) is 0 Å². The molecule has 2 heterocycles. The first-order valence-corrected chi connectivity index (χ1v) is 8.27. The molecule has 7 heteroatoms. The third-order valence-electron chi connectivity index (χ3n) is 4.19. The fourth-order valence-corrected chi connectivity index (χ4v) is 2.61. The van der Waals surface area contributed by atoms with E-state index in [1.54, 1.807) is 37.6 Å². The molecule has 0 bridgehead atoms. The Hall–Kier alpha value is -3.22. The van der Waals surface area contributed by atoms with E-state index < -0.39 is 0 Å². The molecular weight excluding hydrogens is 334 g/mol. The average Bonchev–Trinajstić information content (AvgIpc) is 2.68. The van der Waals surface area contributed by atoms with Crippen LogP contribution in [0.25, 0.3) is 0 Å². The second-order valence-electron chi connectivity index (χ2n) is 5.98. The number of ether oxygens (including phenoxy) is 1. The van der Waals surface area contributed by atoms with E-state index in [1.807, 2.05) is 12.1 Å². The summed E-state index contributed by atoms with van der Waals surface area (Å²) in [6, 6.07) is 8.59. The van der Waals surface area contributed by atoms with E-state index >= 15 is 0 Å². The van der Waals surface area contributed by atoms with Crippen LogP contribution in [0.5, 0.6) is 5.75 Å². The Morgan fingerprint density at radius 2 is 1.96 bits per heavy atom. The summed E-state index contributed by atoms with van der Waals surface area (Å²) in [7, 11) is 1.64. The quantitative estimate of drug-likeness (QED) is 0.799. The van der Waals surface area contributed by atoms with Crippen LogP contribution in [0.15, 0.2) is 42.7 Å². The van der Waals surface area contributed by atoms with E-state index in [1.165, 1.54) is 4.90 Å². The molecule has 1 aliphatic heterocycles. The molecule has 2 amide bonds. The molecule has 0 aliphatic carbocycles. The first kappa shape index (κ1) is 17.6. The summed E-state index contributed by atoms with van der Waals surface area (Å²) in [6.07, 6.45) is 3.52. The number of Topliss-reactive ketones (excluding diaryl/α,β-unsaturated/α-hetero) is 1. The highest BCUT2D eigenvalue weighted by Crippen LogP contribution is 2.32. The summed E-state index contributed by atoms with van der Waals surface area (Å²) in [6.45, 7) is 0.396. The Labute approximate surface area is 151 Å². The number of rotatable bonds is 6. The van der Waals surface area contributed by atoms with Crippen LogP contribution in [-0.2, 0) is 16.1 Å². The zero-order valence-electron chi connectivity index (χ0n) is 14.4. The van der Waals surface area contributed by atoms with Gasteiger partial charge in [-0.05, 0) is 35.9 Å². The maximum atomic E-state index is 12.4. The second-order valence-corrected chi connectivity index (χ2v) is 5.98. The van der Waals surface area contributed by atoms with Crippen LogP contribution < -0.4 is 15.0 Å². The van der Waals surface area contributed by atoms with Crippen LogP contribution in [0.2, 0.25) is 0 Å². The van der Waals surface area contributed by atoms with Crippen LogP contribution in [0.4, 0.5) is 5.69 Å². The zero-order chi connectivity index (χ0) is 18.5. The van der Waals surface area contributed by atoms with Gasteiger partial charge in [0.05, 0.1) is 5.69 Å². The Bertz CT molecular complexity index is 836. The minimum absolute atomic E-state index is 0.00551. The van der Waals surface area contributed by atoms with Crippen LogP contribution in [-0.4, -0.2) is 36.2 Å². The number of nitrogens with zero attached hydrogens (tertiary/aromatic N) is 2. The second kappa shape index (κ2) is 7.77. The molecule has 2 aromatic rings. The standard InChI is InChI=1S/C19H19N3O4/c1-22-15-10-14(2-4-17(15)26-12-19(22)25)16(23)3-5-18(24)21-11-13-6-8-20-9-7-13/h2,4,6-10H,3,5,11-12H2,1H3,(H,21,24). The predicted octanol–water partition coefficient (Wildman–Crippen LogP) is 1.72. The van der Waals surface area contributed by atoms with Gasteiger partial charge in [0.25, 0.3) is 5.91 Å². The van der Waals surface area contributed by atoms with Crippen molar-refractivity contribution in [1.29, 1.82) is 0 Å². The number of likely N-dealkylation sites (N-methyl/N-ethyl adjacent to an activating group) is 1. The molecule has 0 spiro atoms. The van der Waals surface area contributed by atoms with E-state index in [2.05, 4.69) is 10.3 Å². The minimum atomic E-state index is -0.191. The first-order chi connectivity index (χ1) is 12.5. The summed E-state index contributed by atoms with van der Waals surface area (Å²) in [5.41, 5.74) is 1.96. The van der Waals surface area contributed by atoms with Gasteiger partial charge in [-0.2, -0.15) is 0 Å². The number of pyridine rings is 1. The molecule has 0 radical (unpaired) electrons. The molecule has 26 heavy (non-hydrogen) atoms. The number of nitrogens with one attached hydrogen (secondary N) is 1. The van der Waals surface area contributed by atoms with Crippen LogP contribution >= 0.6 is 0 Å². The van der Waals surface area contributed by atoms with Gasteiger partial charge in [0.2, 0.25) is 5.91 Å². The Morgan fingerprint density at radius 3 is 2.73 bits per heavy atom. The van der Waals surface area contributed by atoms with Gasteiger partial charge in [0.15, 0.2) is 12.4 Å². The lowest BCUT2D eigenvalue weighted by Gasteiger charge is -2.26. The highest BCUT2D eigenvalue weighted by Gasteiger charge is 2.23. The number of hydrogen-bond acceptors (Lipinski definition) is 5. The highest BCUT2D eigenvalue weighted by molar-refractivity contribution is 6.02. The van der Waals surface area contributed by atoms with Crippen molar-refractivity contribution in [2.24, 2.45) is 0 Å². The maximum absolute atomic E-state index is 12.4. The van der Waals surface area contributed by atoms with Crippen molar-refractivity contribution < 1.29 is 19.1 Å². The monoisotopic (exact) mass is 353 g/mol. The summed E-state index contributed by atoms with van der Waals surface area (Å²) < 4.78 is 5.34. The lowest BCUT2D eigenvalue weighted by molar-refractivity contribution is -0.121. The molecular formula is C19H19N3O4. The van der Waals surface area contributed by atoms with Crippen molar-refractivity contribution in [3.8, 4) is 5.75 Å². The Morgan fingerprint density at radius 1 is 1.19 bits per heavy atom. The molecule has 1 aromatic carbocycles. The van der Waals surface area contributed by atoms with Crippen molar-refractivity contribution in [3.05, 3.63) is 53.9 Å². The van der Waals surface area contributed by atoms with E-state index in [9.17, 15) is 14.4 Å². The molecule has 0 unspecified atom stereocenters. The molecule has 134 valence electrons. The summed E-state index contributed by atoms with van der Waals surface area (Å²) in [4.78, 5) is 41.4. The highest BCUT2D eigenvalue weighted by atomic mass is 16.5. The number of ketones is 1. The van der Waals surface area contributed by atoms with E-state index in [4.69, 9.17) is 4.74 Å². The lowest BCUT2D eigenvalue weighted by atomic mass is 10.0. The summed E-state index contributed by atoms with van der Waals surface area (Å²) in [5, 5.41) is 2.78. The normalized spacial score (nSPS) is 13.0. The smallest absolute Gasteiger partial charge is 0.264 e. The van der Waals surface area contributed by atoms with E-state index in [0.29, 0.717) is 23.5 Å². The molecule has 7 nitrogen and oxygen atoms in total. The van der Waals surface area contributed by atoms with Gasteiger partial charge >= 0.3 is 0 Å². The lowest BCUT2D eigenvalue weighted by Crippen LogP contribution is -2.35. The van der Waals surface area contributed by atoms with Crippen molar-refractivity contribution in [2.75, 3.05) is 18.6 Å². The molecule has 3 rings (SSSR count). The van der Waals surface area contributed by atoms with Crippen molar-refractivity contribution in [1.82, 2.24) is 10.3 Å². The van der Waals surface area contributed by atoms with Gasteiger partial charge in [-0.1, -0.05) is 0 Å². The molecule has 1 N–H and O–H groups in total. The fourth-order valence-electron chi connectivity index (χ4n) is 2.61. The predicted molar refractivity (Wildman–Crippen MR) is 95.0 cm³/mol. The Balaban J connectivity index is 1.55. The number of carbonyl (C=O) groups excluding carboxylic acids is 3. The van der Waals surface area contributed by atoms with Crippen molar-refractivity contribution >= 4 is 23.3 Å². The third kappa shape index (κ3) is 4.05. The SMILES string of the molecule is CN1C(=O)COc2ccc(C(=O)CCC(=O)NCc3ccncc3)cc21. The number of carbonyl (C=O) groups is 3. The molecule has 1 aliphatic rings. The largest absolute Gasteiger partial charge is 0.482 e. The molecule has 0 atom stereocenters.